The van der Waals surface area contributed by atoms with Gasteiger partial charge in [-0.1, -0.05) is 30.3 Å². The van der Waals surface area contributed by atoms with Crippen LogP contribution in [0.25, 0.3) is 0 Å². The van der Waals surface area contributed by atoms with Crippen LogP contribution >= 0.6 is 12.2 Å². The number of rotatable bonds is 3. The van der Waals surface area contributed by atoms with E-state index in [1.54, 1.807) is 0 Å². The molecule has 5 heteroatoms. The van der Waals surface area contributed by atoms with Crippen molar-refractivity contribution in [2.45, 2.75) is 6.42 Å². The van der Waals surface area contributed by atoms with E-state index in [4.69, 9.17) is 10.4 Å². The normalized spacial score (nSPS) is 9.57. The van der Waals surface area contributed by atoms with Crippen LogP contribution in [0.1, 0.15) is 5.56 Å². The SMILES string of the molecule is ON(O)C(=S)NCCc1ccccc1. The van der Waals surface area contributed by atoms with E-state index in [0.717, 1.165) is 6.42 Å². The molecule has 0 fully saturated rings. The molecule has 0 aliphatic heterocycles. The highest BCUT2D eigenvalue weighted by atomic mass is 32.1. The maximum atomic E-state index is 8.50. The lowest BCUT2D eigenvalue weighted by Crippen LogP contribution is -2.36. The van der Waals surface area contributed by atoms with Crippen molar-refractivity contribution in [1.82, 2.24) is 10.5 Å². The van der Waals surface area contributed by atoms with Crippen molar-refractivity contribution < 1.29 is 10.4 Å². The van der Waals surface area contributed by atoms with E-state index >= 15 is 0 Å². The van der Waals surface area contributed by atoms with Gasteiger partial charge in [0.05, 0.1) is 0 Å². The van der Waals surface area contributed by atoms with E-state index in [2.05, 4.69) is 17.5 Å². The van der Waals surface area contributed by atoms with E-state index < -0.39 is 0 Å². The summed E-state index contributed by atoms with van der Waals surface area (Å²) in [4.78, 5) is 0. The standard InChI is InChI=1S/C9H12N2O2S/c12-11(13)9(14)10-7-6-8-4-2-1-3-5-8/h1-5,12-13H,6-7H2,(H,10,14). The fourth-order valence-corrected chi connectivity index (χ4v) is 1.13. The van der Waals surface area contributed by atoms with E-state index in [1.165, 1.54) is 5.56 Å². The molecule has 3 N–H and O–H groups in total. The van der Waals surface area contributed by atoms with Crippen molar-refractivity contribution in [2.24, 2.45) is 0 Å². The summed E-state index contributed by atoms with van der Waals surface area (Å²) < 4.78 is 0. The van der Waals surface area contributed by atoms with E-state index in [1.807, 2.05) is 30.3 Å². The van der Waals surface area contributed by atoms with Gasteiger partial charge in [-0.2, -0.15) is 0 Å². The summed E-state index contributed by atoms with van der Waals surface area (Å²) in [7, 11) is 0. The number of hydroxylamine groups is 2. The molecule has 76 valence electrons. The fourth-order valence-electron chi connectivity index (χ4n) is 1.03. The van der Waals surface area contributed by atoms with Gasteiger partial charge >= 0.3 is 0 Å². The van der Waals surface area contributed by atoms with Gasteiger partial charge in [-0.3, -0.25) is 10.4 Å². The molecular formula is C9H12N2O2S. The van der Waals surface area contributed by atoms with Crippen LogP contribution < -0.4 is 5.32 Å². The van der Waals surface area contributed by atoms with Gasteiger partial charge in [0.2, 0.25) is 5.11 Å². The summed E-state index contributed by atoms with van der Waals surface area (Å²) >= 11 is 4.61. The Labute approximate surface area is 87.7 Å². The van der Waals surface area contributed by atoms with Gasteiger partial charge in [-0.15, -0.1) is 5.23 Å². The Morgan fingerprint density at radius 1 is 1.29 bits per heavy atom. The number of thiocarbonyl (C=S) groups is 1. The van der Waals surface area contributed by atoms with Crippen LogP contribution in [0.3, 0.4) is 0 Å². The molecule has 0 unspecified atom stereocenters. The predicted octanol–water partition coefficient (Wildman–Crippen LogP) is 1.18. The molecule has 0 saturated heterocycles. The summed E-state index contributed by atoms with van der Waals surface area (Å²) in [6.07, 6.45) is 0.787. The summed E-state index contributed by atoms with van der Waals surface area (Å²) in [5.41, 5.74) is 1.17. The first-order valence-corrected chi connectivity index (χ1v) is 4.60. The van der Waals surface area contributed by atoms with Crippen molar-refractivity contribution in [3.63, 3.8) is 0 Å². The van der Waals surface area contributed by atoms with Crippen LogP contribution in [0, 0.1) is 0 Å². The lowest BCUT2D eigenvalue weighted by Gasteiger charge is -2.10. The average Bonchev–Trinajstić information content (AvgIpc) is 2.19. The Morgan fingerprint density at radius 2 is 1.93 bits per heavy atom. The highest BCUT2D eigenvalue weighted by Crippen LogP contribution is 1.98. The lowest BCUT2D eigenvalue weighted by atomic mass is 10.1. The Morgan fingerprint density at radius 3 is 2.50 bits per heavy atom. The third-order valence-corrected chi connectivity index (χ3v) is 2.02. The maximum Gasteiger partial charge on any atom is 0.222 e. The number of nitrogens with zero attached hydrogens (tertiary/aromatic N) is 1. The summed E-state index contributed by atoms with van der Waals surface area (Å²) in [6.45, 7) is 0.570. The van der Waals surface area contributed by atoms with E-state index in [9.17, 15) is 0 Å². The molecular weight excluding hydrogens is 200 g/mol. The minimum atomic E-state index is -0.0969. The first kappa shape index (κ1) is 10.9. The Balaban J connectivity index is 2.26. The molecule has 0 aromatic heterocycles. The average molecular weight is 212 g/mol. The fraction of sp³-hybridized carbons (Fsp3) is 0.222. The molecule has 0 aliphatic carbocycles. The number of benzene rings is 1. The minimum absolute atomic E-state index is 0.0964. The number of hydrogen-bond donors (Lipinski definition) is 3. The van der Waals surface area contributed by atoms with E-state index in [-0.39, 0.29) is 10.3 Å². The molecule has 1 rings (SSSR count). The molecule has 0 aliphatic rings. The molecule has 0 radical (unpaired) electrons. The zero-order chi connectivity index (χ0) is 10.4. The molecule has 0 spiro atoms. The first-order valence-electron chi connectivity index (χ1n) is 4.20. The van der Waals surface area contributed by atoms with Gasteiger partial charge in [0.25, 0.3) is 0 Å². The monoisotopic (exact) mass is 212 g/mol. The smallest absolute Gasteiger partial charge is 0.222 e. The summed E-state index contributed by atoms with van der Waals surface area (Å²) in [6, 6.07) is 9.86. The predicted molar refractivity (Wildman–Crippen MR) is 56.2 cm³/mol. The molecule has 1 aromatic rings. The van der Waals surface area contributed by atoms with Gasteiger partial charge < -0.3 is 5.32 Å². The van der Waals surface area contributed by atoms with Crippen LogP contribution in [0.5, 0.6) is 0 Å². The third-order valence-electron chi connectivity index (χ3n) is 1.71. The molecule has 14 heavy (non-hydrogen) atoms. The minimum Gasteiger partial charge on any atom is -0.358 e. The van der Waals surface area contributed by atoms with Crippen LogP contribution in [-0.2, 0) is 6.42 Å². The molecule has 0 heterocycles. The number of hydrogen-bond acceptors (Lipinski definition) is 3. The first-order chi connectivity index (χ1) is 6.70. The topological polar surface area (TPSA) is 55.7 Å². The Kier molecular flexibility index (Phi) is 4.31. The third kappa shape index (κ3) is 3.69. The zero-order valence-electron chi connectivity index (χ0n) is 7.55. The Bertz CT molecular complexity index is 290. The van der Waals surface area contributed by atoms with Crippen molar-refractivity contribution in [2.75, 3.05) is 6.54 Å². The van der Waals surface area contributed by atoms with Crippen molar-refractivity contribution >= 4 is 17.3 Å². The van der Waals surface area contributed by atoms with Gasteiger partial charge in [-0.05, 0) is 24.2 Å². The largest absolute Gasteiger partial charge is 0.358 e. The summed E-state index contributed by atoms with van der Waals surface area (Å²) in [5.74, 6) is 0. The van der Waals surface area contributed by atoms with Crippen LogP contribution in [0.2, 0.25) is 0 Å². The van der Waals surface area contributed by atoms with Gasteiger partial charge in [0, 0.05) is 6.54 Å². The molecule has 0 saturated carbocycles. The second kappa shape index (κ2) is 5.54. The molecule has 0 amide bonds. The highest BCUT2D eigenvalue weighted by Gasteiger charge is 2.00. The molecule has 0 bridgehead atoms. The Hall–Kier alpha value is -1.17. The summed E-state index contributed by atoms with van der Waals surface area (Å²) in [5, 5.41) is 19.5. The van der Waals surface area contributed by atoms with Crippen LogP contribution in [0.15, 0.2) is 30.3 Å². The second-order valence-corrected chi connectivity index (χ2v) is 3.14. The van der Waals surface area contributed by atoms with Gasteiger partial charge in [0.15, 0.2) is 0 Å². The van der Waals surface area contributed by atoms with Crippen molar-refractivity contribution in [3.8, 4) is 0 Å². The molecule has 4 nitrogen and oxygen atoms in total. The molecule has 1 aromatic carbocycles. The second-order valence-electron chi connectivity index (χ2n) is 2.76. The van der Waals surface area contributed by atoms with Gasteiger partial charge in [0.1, 0.15) is 0 Å². The zero-order valence-corrected chi connectivity index (χ0v) is 8.37. The number of nitrogens with one attached hydrogen (secondary N) is 1. The van der Waals surface area contributed by atoms with Crippen molar-refractivity contribution in [3.05, 3.63) is 35.9 Å². The highest BCUT2D eigenvalue weighted by molar-refractivity contribution is 7.80. The van der Waals surface area contributed by atoms with Gasteiger partial charge in [-0.25, -0.2) is 0 Å². The van der Waals surface area contributed by atoms with Crippen LogP contribution in [-0.4, -0.2) is 27.3 Å². The van der Waals surface area contributed by atoms with Crippen molar-refractivity contribution in [1.29, 1.82) is 0 Å². The lowest BCUT2D eigenvalue weighted by molar-refractivity contribution is -0.244. The van der Waals surface area contributed by atoms with Crippen LogP contribution in [0.4, 0.5) is 0 Å². The van der Waals surface area contributed by atoms with E-state index in [0.29, 0.717) is 6.54 Å². The maximum absolute atomic E-state index is 8.50. The molecule has 0 atom stereocenters. The quantitative estimate of drug-likeness (QED) is 0.519.